The van der Waals surface area contributed by atoms with Gasteiger partial charge in [-0.05, 0) is 35.9 Å². The molecule has 5 rings (SSSR count). The van der Waals surface area contributed by atoms with E-state index < -0.39 is 6.17 Å². The van der Waals surface area contributed by atoms with Crippen molar-refractivity contribution in [2.45, 2.75) is 6.17 Å². The van der Waals surface area contributed by atoms with Crippen LogP contribution in [0.5, 0.6) is 0 Å². The summed E-state index contributed by atoms with van der Waals surface area (Å²) in [5.41, 5.74) is 2.57. The number of halogens is 2. The van der Waals surface area contributed by atoms with E-state index in [-0.39, 0.29) is 5.56 Å². The predicted molar refractivity (Wildman–Crippen MR) is 134 cm³/mol. The van der Waals surface area contributed by atoms with Gasteiger partial charge in [0.1, 0.15) is 11.3 Å². The topological polar surface area (TPSA) is 78.5 Å². The third-order valence-electron chi connectivity index (χ3n) is 5.26. The fraction of sp³-hybridized carbons (Fsp3) is 0.115. The number of rotatable bonds is 3. The normalized spacial score (nSPS) is 11.4. The van der Waals surface area contributed by atoms with Gasteiger partial charge in [0.2, 0.25) is 0 Å². The number of pyridine rings is 3. The van der Waals surface area contributed by atoms with Crippen molar-refractivity contribution < 1.29 is 4.39 Å². The number of aromatic nitrogens is 6. The van der Waals surface area contributed by atoms with Gasteiger partial charge in [-0.3, -0.25) is 14.0 Å². The number of hydrogen-bond donors (Lipinski definition) is 0. The Morgan fingerprint density at radius 2 is 1.86 bits per heavy atom. The maximum atomic E-state index is 15.2. The molecule has 174 valence electrons. The first-order valence-electron chi connectivity index (χ1n) is 10.5. The molecular formula is C26H20ClFN6O. The van der Waals surface area contributed by atoms with Crippen LogP contribution in [0.25, 0.3) is 22.3 Å². The summed E-state index contributed by atoms with van der Waals surface area (Å²) in [6, 6.07) is 14.9. The van der Waals surface area contributed by atoms with Crippen LogP contribution in [0.3, 0.4) is 0 Å². The number of terminal acetylenes is 1. The van der Waals surface area contributed by atoms with E-state index in [9.17, 15) is 4.79 Å². The van der Waals surface area contributed by atoms with Gasteiger partial charge >= 0.3 is 0 Å². The van der Waals surface area contributed by atoms with Gasteiger partial charge < -0.3 is 0 Å². The molecule has 5 aromatic rings. The zero-order valence-electron chi connectivity index (χ0n) is 18.9. The Balaban J connectivity index is 0.000000421. The van der Waals surface area contributed by atoms with E-state index in [1.165, 1.54) is 16.8 Å². The number of nitrogens with zero attached hydrogens (tertiary/aromatic N) is 6. The smallest absolute Gasteiger partial charge is 0.252 e. The van der Waals surface area contributed by atoms with Crippen LogP contribution in [0.2, 0.25) is 5.02 Å². The highest BCUT2D eigenvalue weighted by atomic mass is 35.5. The highest BCUT2D eigenvalue weighted by molar-refractivity contribution is 6.30. The first-order valence-corrected chi connectivity index (χ1v) is 10.9. The molecule has 1 unspecified atom stereocenters. The second kappa shape index (κ2) is 10.3. The van der Waals surface area contributed by atoms with E-state index in [0.717, 1.165) is 0 Å². The first kappa shape index (κ1) is 23.8. The number of aryl methyl sites for hydroxylation is 2. The summed E-state index contributed by atoms with van der Waals surface area (Å²) in [5.74, 6) is 2.49. The van der Waals surface area contributed by atoms with Crippen molar-refractivity contribution in [2.75, 3.05) is 0 Å². The van der Waals surface area contributed by atoms with E-state index >= 15 is 4.39 Å². The summed E-state index contributed by atoms with van der Waals surface area (Å²) >= 11 is 5.90. The highest BCUT2D eigenvalue weighted by Crippen LogP contribution is 2.31. The molecule has 0 saturated heterocycles. The minimum absolute atomic E-state index is 0.241. The van der Waals surface area contributed by atoms with Gasteiger partial charge in [0.15, 0.2) is 6.17 Å². The van der Waals surface area contributed by atoms with Crippen molar-refractivity contribution in [1.82, 2.24) is 29.5 Å². The van der Waals surface area contributed by atoms with Gasteiger partial charge in [-0.25, -0.2) is 14.4 Å². The van der Waals surface area contributed by atoms with Crippen LogP contribution in [0.15, 0.2) is 78.0 Å². The third-order valence-corrected chi connectivity index (χ3v) is 5.52. The first-order chi connectivity index (χ1) is 16.9. The Kier molecular flexibility index (Phi) is 6.99. The molecule has 0 radical (unpaired) electrons. The summed E-state index contributed by atoms with van der Waals surface area (Å²) in [6.07, 6.45) is 8.92. The van der Waals surface area contributed by atoms with E-state index in [0.29, 0.717) is 44.1 Å². The lowest BCUT2D eigenvalue weighted by molar-refractivity contribution is 0.401. The molecule has 0 N–H and O–H groups in total. The van der Waals surface area contributed by atoms with E-state index in [1.54, 1.807) is 72.7 Å². The fourth-order valence-corrected chi connectivity index (χ4v) is 3.57. The van der Waals surface area contributed by atoms with Gasteiger partial charge in [-0.15, -0.1) is 11.5 Å². The molecule has 1 atom stereocenters. The molecule has 0 spiro atoms. The van der Waals surface area contributed by atoms with E-state index in [4.69, 9.17) is 18.0 Å². The Morgan fingerprint density at radius 1 is 1.09 bits per heavy atom. The fourth-order valence-electron chi connectivity index (χ4n) is 3.45. The molecule has 9 heteroatoms. The lowest BCUT2D eigenvalue weighted by atomic mass is 10.0. The number of hydrogen-bond acceptors (Lipinski definition) is 5. The van der Waals surface area contributed by atoms with Gasteiger partial charge in [-0.1, -0.05) is 40.9 Å². The van der Waals surface area contributed by atoms with Crippen LogP contribution in [0.1, 0.15) is 23.0 Å². The van der Waals surface area contributed by atoms with Crippen LogP contribution in [0, 0.1) is 12.3 Å². The molecule has 0 fully saturated rings. The zero-order chi connectivity index (χ0) is 24.9. The second-order valence-electron chi connectivity index (χ2n) is 7.64. The van der Waals surface area contributed by atoms with E-state index in [2.05, 4.69) is 26.2 Å². The summed E-state index contributed by atoms with van der Waals surface area (Å²) in [6.45, 7) is 0. The molecule has 0 aliphatic heterocycles. The molecule has 4 aromatic heterocycles. The molecular weight excluding hydrogens is 467 g/mol. The Morgan fingerprint density at radius 3 is 2.49 bits per heavy atom. The molecule has 35 heavy (non-hydrogen) atoms. The molecule has 0 aliphatic rings. The predicted octanol–water partition coefficient (Wildman–Crippen LogP) is 4.50. The van der Waals surface area contributed by atoms with Crippen molar-refractivity contribution >= 4 is 22.6 Å². The quantitative estimate of drug-likeness (QED) is 0.351. The molecule has 0 aliphatic carbocycles. The SMILES string of the molecule is C#Cc1cccc(-c2cc(=O)n(C)c3ncc(C(F)c4ccc(Cl)cc4)cc23)n1.Cn1ccnn1. The van der Waals surface area contributed by atoms with Crippen molar-refractivity contribution in [2.24, 2.45) is 14.1 Å². The maximum Gasteiger partial charge on any atom is 0.252 e. The number of fused-ring (bicyclic) bond motifs is 1. The molecule has 0 bridgehead atoms. The third kappa shape index (κ3) is 5.26. The van der Waals surface area contributed by atoms with E-state index in [1.807, 2.05) is 7.05 Å². The minimum atomic E-state index is -1.39. The van der Waals surface area contributed by atoms with Crippen molar-refractivity contribution in [3.05, 3.63) is 105 Å². The lowest BCUT2D eigenvalue weighted by Crippen LogP contribution is -2.17. The zero-order valence-corrected chi connectivity index (χ0v) is 19.7. The summed E-state index contributed by atoms with van der Waals surface area (Å²) in [4.78, 5) is 21.2. The molecule has 7 nitrogen and oxygen atoms in total. The summed E-state index contributed by atoms with van der Waals surface area (Å²) in [5, 5.41) is 8.27. The highest BCUT2D eigenvalue weighted by Gasteiger charge is 2.17. The standard InChI is InChI=1S/C23H15ClFN3O.C3H5N3/c1-3-17-5-4-6-20(27-17)18-12-21(29)28(2)23-19(18)11-15(13-26-23)22(25)14-7-9-16(24)10-8-14;1-6-3-2-4-5-6/h1,4-13,22H,2H3;2-3H,1H3. The van der Waals surface area contributed by atoms with Crippen molar-refractivity contribution in [3.63, 3.8) is 0 Å². The van der Waals surface area contributed by atoms with Crippen LogP contribution in [-0.4, -0.2) is 29.5 Å². The average Bonchev–Trinajstić information content (AvgIpc) is 3.37. The Labute approximate surface area is 205 Å². The molecule has 0 saturated carbocycles. The van der Waals surface area contributed by atoms with Gasteiger partial charge in [0.05, 0.1) is 11.9 Å². The minimum Gasteiger partial charge on any atom is -0.296 e. The number of alkyl halides is 1. The van der Waals surface area contributed by atoms with Crippen molar-refractivity contribution in [3.8, 4) is 23.6 Å². The average molecular weight is 487 g/mol. The molecule has 1 aromatic carbocycles. The monoisotopic (exact) mass is 486 g/mol. The van der Waals surface area contributed by atoms with Gasteiger partial charge in [0, 0.05) is 54.1 Å². The maximum absolute atomic E-state index is 15.2. The molecule has 0 amide bonds. The van der Waals surface area contributed by atoms with Gasteiger partial charge in [0.25, 0.3) is 5.56 Å². The molecule has 4 heterocycles. The Hall–Kier alpha value is -4.35. The van der Waals surface area contributed by atoms with Crippen LogP contribution < -0.4 is 5.56 Å². The van der Waals surface area contributed by atoms with Gasteiger partial charge in [-0.2, -0.15) is 0 Å². The lowest BCUT2D eigenvalue weighted by Gasteiger charge is -2.13. The number of benzene rings is 1. The summed E-state index contributed by atoms with van der Waals surface area (Å²) < 4.78 is 18.2. The second-order valence-corrected chi connectivity index (χ2v) is 8.07. The Bertz CT molecular complexity index is 1570. The van der Waals surface area contributed by atoms with Crippen LogP contribution in [-0.2, 0) is 14.1 Å². The van der Waals surface area contributed by atoms with Crippen LogP contribution >= 0.6 is 11.6 Å². The largest absolute Gasteiger partial charge is 0.296 e. The summed E-state index contributed by atoms with van der Waals surface area (Å²) in [7, 11) is 3.45. The van der Waals surface area contributed by atoms with Crippen LogP contribution in [0.4, 0.5) is 4.39 Å². The van der Waals surface area contributed by atoms with Crippen molar-refractivity contribution in [1.29, 1.82) is 0 Å².